The Balaban J connectivity index is 1.79. The third-order valence-electron chi connectivity index (χ3n) is 3.38. The van der Waals surface area contributed by atoms with Gasteiger partial charge < -0.3 is 15.2 Å². The molecule has 1 heterocycles. The standard InChI is InChI=1S/C14H22N2O2/c1-18-14-4-2-12(3-5-14)10-16-8-6-13(11-16)15-7-9-17/h2-5,13,15,17H,6-11H2,1H3. The van der Waals surface area contributed by atoms with Crippen LogP contribution in [-0.4, -0.2) is 49.4 Å². The fourth-order valence-corrected chi connectivity index (χ4v) is 2.40. The van der Waals surface area contributed by atoms with Crippen molar-refractivity contribution in [2.75, 3.05) is 33.4 Å². The third-order valence-corrected chi connectivity index (χ3v) is 3.38. The summed E-state index contributed by atoms with van der Waals surface area (Å²) in [5, 5.41) is 12.1. The lowest BCUT2D eigenvalue weighted by molar-refractivity contribution is 0.278. The molecule has 1 fully saturated rings. The fraction of sp³-hybridized carbons (Fsp3) is 0.571. The summed E-state index contributed by atoms with van der Waals surface area (Å²) in [4.78, 5) is 2.44. The molecule has 0 bridgehead atoms. The Bertz CT molecular complexity index is 353. The molecule has 1 aliphatic heterocycles. The van der Waals surface area contributed by atoms with Gasteiger partial charge in [-0.1, -0.05) is 12.1 Å². The summed E-state index contributed by atoms with van der Waals surface area (Å²) in [6.07, 6.45) is 1.16. The number of ether oxygens (including phenoxy) is 1. The molecule has 0 amide bonds. The monoisotopic (exact) mass is 250 g/mol. The van der Waals surface area contributed by atoms with Crippen molar-refractivity contribution in [1.82, 2.24) is 10.2 Å². The van der Waals surface area contributed by atoms with Gasteiger partial charge in [-0.2, -0.15) is 0 Å². The van der Waals surface area contributed by atoms with Gasteiger partial charge in [-0.15, -0.1) is 0 Å². The average molecular weight is 250 g/mol. The minimum Gasteiger partial charge on any atom is -0.497 e. The summed E-state index contributed by atoms with van der Waals surface area (Å²) in [5.74, 6) is 0.905. The molecule has 1 saturated heterocycles. The van der Waals surface area contributed by atoms with Crippen LogP contribution >= 0.6 is 0 Å². The Hall–Kier alpha value is -1.10. The van der Waals surface area contributed by atoms with Gasteiger partial charge in [0.2, 0.25) is 0 Å². The number of nitrogens with one attached hydrogen (secondary N) is 1. The number of hydrogen-bond donors (Lipinski definition) is 2. The van der Waals surface area contributed by atoms with E-state index in [1.807, 2.05) is 12.1 Å². The minimum atomic E-state index is 0.217. The van der Waals surface area contributed by atoms with Gasteiger partial charge in [-0.3, -0.25) is 4.90 Å². The summed E-state index contributed by atoms with van der Waals surface area (Å²) < 4.78 is 5.15. The predicted octanol–water partition coefficient (Wildman–Crippen LogP) is 0.851. The fourth-order valence-electron chi connectivity index (χ4n) is 2.40. The van der Waals surface area contributed by atoms with E-state index in [0.29, 0.717) is 12.6 Å². The van der Waals surface area contributed by atoms with Crippen molar-refractivity contribution in [3.8, 4) is 5.75 Å². The number of aliphatic hydroxyl groups is 1. The van der Waals surface area contributed by atoms with Crippen molar-refractivity contribution in [1.29, 1.82) is 0 Å². The molecule has 1 aromatic carbocycles. The Morgan fingerprint density at radius 1 is 1.39 bits per heavy atom. The van der Waals surface area contributed by atoms with E-state index in [9.17, 15) is 0 Å². The molecule has 0 radical (unpaired) electrons. The summed E-state index contributed by atoms with van der Waals surface area (Å²) in [5.41, 5.74) is 1.32. The maximum Gasteiger partial charge on any atom is 0.118 e. The Kier molecular flexibility index (Phi) is 4.99. The summed E-state index contributed by atoms with van der Waals surface area (Å²) in [6, 6.07) is 8.77. The predicted molar refractivity (Wildman–Crippen MR) is 71.8 cm³/mol. The van der Waals surface area contributed by atoms with E-state index < -0.39 is 0 Å². The van der Waals surface area contributed by atoms with Crippen LogP contribution in [-0.2, 0) is 6.54 Å². The zero-order valence-corrected chi connectivity index (χ0v) is 10.9. The van der Waals surface area contributed by atoms with Crippen LogP contribution in [0.2, 0.25) is 0 Å². The lowest BCUT2D eigenvalue weighted by Crippen LogP contribution is -2.34. The second-order valence-corrected chi connectivity index (χ2v) is 4.75. The van der Waals surface area contributed by atoms with Gasteiger partial charge in [0, 0.05) is 32.2 Å². The summed E-state index contributed by atoms with van der Waals surface area (Å²) in [6.45, 7) is 4.08. The molecule has 4 nitrogen and oxygen atoms in total. The lowest BCUT2D eigenvalue weighted by Gasteiger charge is -2.16. The Labute approximate surface area is 109 Å². The van der Waals surface area contributed by atoms with Crippen molar-refractivity contribution in [3.63, 3.8) is 0 Å². The molecule has 2 N–H and O–H groups in total. The molecule has 0 spiro atoms. The Morgan fingerprint density at radius 2 is 2.17 bits per heavy atom. The SMILES string of the molecule is COc1ccc(CN2CCC(NCCO)C2)cc1. The van der Waals surface area contributed by atoms with Crippen LogP contribution in [0.4, 0.5) is 0 Å². The summed E-state index contributed by atoms with van der Waals surface area (Å²) in [7, 11) is 1.69. The molecule has 1 atom stereocenters. The number of methoxy groups -OCH3 is 1. The van der Waals surface area contributed by atoms with Gasteiger partial charge in [0.15, 0.2) is 0 Å². The molecule has 0 saturated carbocycles. The Morgan fingerprint density at radius 3 is 2.83 bits per heavy atom. The van der Waals surface area contributed by atoms with E-state index in [4.69, 9.17) is 9.84 Å². The van der Waals surface area contributed by atoms with Crippen LogP contribution in [0.1, 0.15) is 12.0 Å². The van der Waals surface area contributed by atoms with Crippen molar-refractivity contribution < 1.29 is 9.84 Å². The van der Waals surface area contributed by atoms with Gasteiger partial charge in [0.1, 0.15) is 5.75 Å². The molecule has 100 valence electrons. The van der Waals surface area contributed by atoms with Gasteiger partial charge in [0.25, 0.3) is 0 Å². The topological polar surface area (TPSA) is 44.7 Å². The van der Waals surface area contributed by atoms with Crippen molar-refractivity contribution in [2.45, 2.75) is 19.0 Å². The zero-order valence-electron chi connectivity index (χ0n) is 10.9. The number of benzene rings is 1. The molecule has 2 rings (SSSR count). The van der Waals surface area contributed by atoms with Gasteiger partial charge >= 0.3 is 0 Å². The van der Waals surface area contributed by atoms with Crippen LogP contribution in [0, 0.1) is 0 Å². The maximum atomic E-state index is 8.79. The van der Waals surface area contributed by atoms with Crippen LogP contribution in [0.5, 0.6) is 5.75 Å². The smallest absolute Gasteiger partial charge is 0.118 e. The largest absolute Gasteiger partial charge is 0.497 e. The summed E-state index contributed by atoms with van der Waals surface area (Å²) >= 11 is 0. The highest BCUT2D eigenvalue weighted by Gasteiger charge is 2.21. The molecule has 0 aliphatic carbocycles. The van der Waals surface area contributed by atoms with E-state index in [0.717, 1.165) is 31.8 Å². The number of rotatable bonds is 6. The first kappa shape index (κ1) is 13.3. The van der Waals surface area contributed by atoms with Crippen LogP contribution in [0.15, 0.2) is 24.3 Å². The zero-order chi connectivity index (χ0) is 12.8. The highest BCUT2D eigenvalue weighted by Crippen LogP contribution is 2.16. The quantitative estimate of drug-likeness (QED) is 0.786. The second-order valence-electron chi connectivity index (χ2n) is 4.75. The normalized spacial score (nSPS) is 20.2. The number of likely N-dealkylation sites (tertiary alicyclic amines) is 1. The number of aliphatic hydroxyl groups excluding tert-OH is 1. The van der Waals surface area contributed by atoms with Crippen molar-refractivity contribution in [2.24, 2.45) is 0 Å². The van der Waals surface area contributed by atoms with E-state index in [2.05, 4.69) is 22.3 Å². The molecule has 1 unspecified atom stereocenters. The second kappa shape index (κ2) is 6.73. The molecule has 1 aliphatic rings. The first-order valence-electron chi connectivity index (χ1n) is 6.51. The molecule has 18 heavy (non-hydrogen) atoms. The van der Waals surface area contributed by atoms with Crippen molar-refractivity contribution in [3.05, 3.63) is 29.8 Å². The van der Waals surface area contributed by atoms with Crippen LogP contribution < -0.4 is 10.1 Å². The number of nitrogens with zero attached hydrogens (tertiary/aromatic N) is 1. The van der Waals surface area contributed by atoms with E-state index in [-0.39, 0.29) is 6.61 Å². The highest BCUT2D eigenvalue weighted by atomic mass is 16.5. The average Bonchev–Trinajstić information content (AvgIpc) is 2.85. The molecular weight excluding hydrogens is 228 g/mol. The molecule has 4 heteroatoms. The molecule has 0 aromatic heterocycles. The van der Waals surface area contributed by atoms with E-state index >= 15 is 0 Å². The third kappa shape index (κ3) is 3.70. The van der Waals surface area contributed by atoms with Crippen LogP contribution in [0.3, 0.4) is 0 Å². The highest BCUT2D eigenvalue weighted by molar-refractivity contribution is 5.27. The van der Waals surface area contributed by atoms with Gasteiger partial charge in [0.05, 0.1) is 13.7 Å². The van der Waals surface area contributed by atoms with Crippen molar-refractivity contribution >= 4 is 0 Å². The van der Waals surface area contributed by atoms with Gasteiger partial charge in [-0.25, -0.2) is 0 Å². The van der Waals surface area contributed by atoms with Gasteiger partial charge in [-0.05, 0) is 24.1 Å². The number of hydrogen-bond acceptors (Lipinski definition) is 4. The molecular formula is C14H22N2O2. The minimum absolute atomic E-state index is 0.217. The first-order valence-corrected chi connectivity index (χ1v) is 6.51. The molecule has 1 aromatic rings. The van der Waals surface area contributed by atoms with E-state index in [1.54, 1.807) is 7.11 Å². The first-order chi connectivity index (χ1) is 8.81. The maximum absolute atomic E-state index is 8.79. The van der Waals surface area contributed by atoms with E-state index in [1.165, 1.54) is 5.56 Å². The van der Waals surface area contributed by atoms with Crippen LogP contribution in [0.25, 0.3) is 0 Å². The lowest BCUT2D eigenvalue weighted by atomic mass is 10.2.